The van der Waals surface area contributed by atoms with Gasteiger partial charge in [-0.05, 0) is 42.4 Å². The molecule has 1 atom stereocenters. The highest BCUT2D eigenvalue weighted by molar-refractivity contribution is 7.80. The first-order chi connectivity index (χ1) is 12.1. The van der Waals surface area contributed by atoms with Gasteiger partial charge in [-0.25, -0.2) is 4.39 Å². The molecule has 0 saturated heterocycles. The summed E-state index contributed by atoms with van der Waals surface area (Å²) in [5.74, 6) is -0.335. The SMILES string of the molecule is Cc1ccc(C(NC(=S)Nc2ccccc2F)c2ccccc2)cc1. The van der Waals surface area contributed by atoms with Gasteiger partial charge in [0.05, 0.1) is 11.7 Å². The Bertz CT molecular complexity index is 847. The Labute approximate surface area is 152 Å². The summed E-state index contributed by atoms with van der Waals surface area (Å²) in [6.45, 7) is 2.05. The fourth-order valence-corrected chi connectivity index (χ4v) is 2.84. The molecule has 0 saturated carbocycles. The number of nitrogens with one attached hydrogen (secondary N) is 2. The van der Waals surface area contributed by atoms with Gasteiger partial charge in [0.25, 0.3) is 0 Å². The van der Waals surface area contributed by atoms with E-state index in [2.05, 4.69) is 41.8 Å². The zero-order valence-corrected chi connectivity index (χ0v) is 14.7. The van der Waals surface area contributed by atoms with Gasteiger partial charge in [0.2, 0.25) is 0 Å². The molecule has 0 spiro atoms. The summed E-state index contributed by atoms with van der Waals surface area (Å²) in [5, 5.41) is 6.61. The van der Waals surface area contributed by atoms with Crippen molar-refractivity contribution in [3.63, 3.8) is 0 Å². The number of aryl methyl sites for hydroxylation is 1. The summed E-state index contributed by atoms with van der Waals surface area (Å²) in [7, 11) is 0. The summed E-state index contributed by atoms with van der Waals surface area (Å²) in [5.41, 5.74) is 3.73. The number of benzene rings is 3. The van der Waals surface area contributed by atoms with E-state index in [1.54, 1.807) is 18.2 Å². The van der Waals surface area contributed by atoms with Crippen LogP contribution in [0.25, 0.3) is 0 Å². The molecule has 126 valence electrons. The molecular formula is C21H19FN2S. The average Bonchev–Trinajstić information content (AvgIpc) is 2.63. The van der Waals surface area contributed by atoms with Crippen molar-refractivity contribution in [1.82, 2.24) is 5.32 Å². The normalized spacial score (nSPS) is 11.6. The van der Waals surface area contributed by atoms with Gasteiger partial charge in [0, 0.05) is 0 Å². The van der Waals surface area contributed by atoms with Gasteiger partial charge in [-0.1, -0.05) is 72.3 Å². The fourth-order valence-electron chi connectivity index (χ4n) is 2.62. The minimum Gasteiger partial charge on any atom is -0.352 e. The van der Waals surface area contributed by atoms with Crippen molar-refractivity contribution in [2.24, 2.45) is 0 Å². The number of anilines is 1. The third-order valence-corrected chi connectivity index (χ3v) is 4.16. The first-order valence-corrected chi connectivity index (χ1v) is 8.48. The molecule has 2 N–H and O–H groups in total. The van der Waals surface area contributed by atoms with Crippen LogP contribution in [0.3, 0.4) is 0 Å². The molecule has 0 heterocycles. The lowest BCUT2D eigenvalue weighted by atomic mass is 9.98. The van der Waals surface area contributed by atoms with Crippen LogP contribution in [-0.4, -0.2) is 5.11 Å². The van der Waals surface area contributed by atoms with Gasteiger partial charge in [-0.15, -0.1) is 0 Å². The van der Waals surface area contributed by atoms with E-state index in [9.17, 15) is 4.39 Å². The second-order valence-corrected chi connectivity index (χ2v) is 6.24. The zero-order chi connectivity index (χ0) is 17.6. The lowest BCUT2D eigenvalue weighted by Gasteiger charge is -2.22. The third kappa shape index (κ3) is 4.43. The highest BCUT2D eigenvalue weighted by Gasteiger charge is 2.15. The largest absolute Gasteiger partial charge is 0.352 e. The average molecular weight is 350 g/mol. The van der Waals surface area contributed by atoms with E-state index in [-0.39, 0.29) is 11.9 Å². The Balaban J connectivity index is 1.84. The minimum absolute atomic E-state index is 0.117. The fraction of sp³-hybridized carbons (Fsp3) is 0.0952. The molecule has 4 heteroatoms. The Kier molecular flexibility index (Phi) is 5.41. The summed E-state index contributed by atoms with van der Waals surface area (Å²) in [4.78, 5) is 0. The number of para-hydroxylation sites is 1. The molecule has 3 aromatic rings. The lowest BCUT2D eigenvalue weighted by Crippen LogP contribution is -2.33. The zero-order valence-electron chi connectivity index (χ0n) is 13.9. The van der Waals surface area contributed by atoms with Crippen LogP contribution in [0.2, 0.25) is 0 Å². The molecule has 3 rings (SSSR count). The molecule has 0 aromatic heterocycles. The van der Waals surface area contributed by atoms with Crippen LogP contribution in [0.4, 0.5) is 10.1 Å². The van der Waals surface area contributed by atoms with Crippen LogP contribution >= 0.6 is 12.2 Å². The topological polar surface area (TPSA) is 24.1 Å². The molecular weight excluding hydrogens is 331 g/mol. The van der Waals surface area contributed by atoms with Crippen LogP contribution in [0.15, 0.2) is 78.9 Å². The van der Waals surface area contributed by atoms with Crippen LogP contribution in [0, 0.1) is 12.7 Å². The molecule has 0 bridgehead atoms. The monoisotopic (exact) mass is 350 g/mol. The molecule has 1 unspecified atom stereocenters. The Morgan fingerprint density at radius 1 is 0.840 bits per heavy atom. The van der Waals surface area contributed by atoms with Gasteiger partial charge >= 0.3 is 0 Å². The molecule has 0 amide bonds. The number of hydrogen-bond acceptors (Lipinski definition) is 1. The molecule has 0 aliphatic carbocycles. The van der Waals surface area contributed by atoms with Crippen LogP contribution in [-0.2, 0) is 0 Å². The maximum Gasteiger partial charge on any atom is 0.171 e. The molecule has 0 aliphatic rings. The van der Waals surface area contributed by atoms with Crippen molar-refractivity contribution in [3.05, 3.63) is 101 Å². The molecule has 0 aliphatic heterocycles. The van der Waals surface area contributed by atoms with Crippen LogP contribution < -0.4 is 10.6 Å². The Morgan fingerprint density at radius 2 is 1.44 bits per heavy atom. The van der Waals surface area contributed by atoms with E-state index in [4.69, 9.17) is 12.2 Å². The minimum atomic E-state index is -0.335. The van der Waals surface area contributed by atoms with E-state index >= 15 is 0 Å². The third-order valence-electron chi connectivity index (χ3n) is 3.94. The first-order valence-electron chi connectivity index (χ1n) is 8.07. The van der Waals surface area contributed by atoms with Gasteiger partial charge in [-0.2, -0.15) is 0 Å². The second kappa shape index (κ2) is 7.90. The van der Waals surface area contributed by atoms with E-state index < -0.39 is 0 Å². The van der Waals surface area contributed by atoms with Crippen molar-refractivity contribution in [1.29, 1.82) is 0 Å². The lowest BCUT2D eigenvalue weighted by molar-refractivity contribution is 0.632. The summed E-state index contributed by atoms with van der Waals surface area (Å²) >= 11 is 5.41. The quantitative estimate of drug-likeness (QED) is 0.632. The van der Waals surface area contributed by atoms with Gasteiger partial charge in [-0.3, -0.25) is 0 Å². The highest BCUT2D eigenvalue weighted by Crippen LogP contribution is 2.23. The summed E-state index contributed by atoms with van der Waals surface area (Å²) < 4.78 is 13.8. The second-order valence-electron chi connectivity index (χ2n) is 5.83. The van der Waals surface area contributed by atoms with Crippen molar-refractivity contribution in [2.75, 3.05) is 5.32 Å². The van der Waals surface area contributed by atoms with Crippen molar-refractivity contribution in [3.8, 4) is 0 Å². The molecule has 25 heavy (non-hydrogen) atoms. The molecule has 0 fully saturated rings. The van der Waals surface area contributed by atoms with Crippen molar-refractivity contribution in [2.45, 2.75) is 13.0 Å². The summed E-state index contributed by atoms with van der Waals surface area (Å²) in [6.07, 6.45) is 0. The van der Waals surface area contributed by atoms with Crippen molar-refractivity contribution >= 4 is 23.0 Å². The van der Waals surface area contributed by atoms with Crippen LogP contribution in [0.5, 0.6) is 0 Å². The van der Waals surface area contributed by atoms with E-state index in [0.29, 0.717) is 10.8 Å². The predicted octanol–water partition coefficient (Wildman–Crippen LogP) is 5.21. The number of thiocarbonyl (C=S) groups is 1. The van der Waals surface area contributed by atoms with E-state index in [0.717, 1.165) is 11.1 Å². The smallest absolute Gasteiger partial charge is 0.171 e. The Morgan fingerprint density at radius 3 is 2.12 bits per heavy atom. The number of halogens is 1. The molecule has 2 nitrogen and oxygen atoms in total. The van der Waals surface area contributed by atoms with Crippen molar-refractivity contribution < 1.29 is 4.39 Å². The first kappa shape index (κ1) is 17.1. The Hall–Kier alpha value is -2.72. The summed E-state index contributed by atoms with van der Waals surface area (Å²) in [6, 6.07) is 24.7. The number of rotatable bonds is 4. The van der Waals surface area contributed by atoms with Gasteiger partial charge in [0.1, 0.15) is 5.82 Å². The number of hydrogen-bond donors (Lipinski definition) is 2. The maximum atomic E-state index is 13.8. The van der Waals surface area contributed by atoms with E-state index in [1.165, 1.54) is 11.6 Å². The van der Waals surface area contributed by atoms with Gasteiger partial charge in [0.15, 0.2) is 5.11 Å². The standard InChI is InChI=1S/C21H19FN2S/c1-15-11-13-17(14-12-15)20(16-7-3-2-4-8-16)24-21(25)23-19-10-6-5-9-18(19)22/h2-14,20H,1H3,(H2,23,24,25). The van der Waals surface area contributed by atoms with E-state index in [1.807, 2.05) is 30.3 Å². The molecule has 0 radical (unpaired) electrons. The highest BCUT2D eigenvalue weighted by atomic mass is 32.1. The predicted molar refractivity (Wildman–Crippen MR) is 105 cm³/mol. The maximum absolute atomic E-state index is 13.8. The van der Waals surface area contributed by atoms with Gasteiger partial charge < -0.3 is 10.6 Å². The van der Waals surface area contributed by atoms with Crippen LogP contribution in [0.1, 0.15) is 22.7 Å². The molecule has 3 aromatic carbocycles.